The number of amides is 1. The van der Waals surface area contributed by atoms with Crippen molar-refractivity contribution < 1.29 is 14.7 Å². The summed E-state index contributed by atoms with van der Waals surface area (Å²) in [4.78, 5) is 36.0. The molecule has 0 spiro atoms. The van der Waals surface area contributed by atoms with Crippen LogP contribution < -0.4 is 10.9 Å². The lowest BCUT2D eigenvalue weighted by atomic mass is 10.1. The summed E-state index contributed by atoms with van der Waals surface area (Å²) in [5, 5.41) is 16.1. The molecule has 1 amide bonds. The lowest BCUT2D eigenvalue weighted by Crippen LogP contribution is -2.38. The maximum atomic E-state index is 12.4. The van der Waals surface area contributed by atoms with Gasteiger partial charge in [0.15, 0.2) is 6.04 Å². The molecular weight excluding hydrogens is 426 g/mol. The highest BCUT2D eigenvalue weighted by Gasteiger charge is 2.22. The molecule has 0 aliphatic heterocycles. The molecule has 0 bridgehead atoms. The first-order chi connectivity index (χ1) is 13.4. The highest BCUT2D eigenvalue weighted by molar-refractivity contribution is 9.10. The molecule has 1 aromatic heterocycles. The number of nitrogens with one attached hydrogen (secondary N) is 1. The van der Waals surface area contributed by atoms with Gasteiger partial charge < -0.3 is 10.4 Å². The van der Waals surface area contributed by atoms with E-state index in [9.17, 15) is 19.5 Å². The molecule has 1 heterocycles. The fourth-order valence-electron chi connectivity index (χ4n) is 2.61. The number of carboxylic acid groups (broad SMARTS) is 1. The van der Waals surface area contributed by atoms with Gasteiger partial charge >= 0.3 is 5.97 Å². The van der Waals surface area contributed by atoms with Gasteiger partial charge in [-0.1, -0.05) is 58.4 Å². The lowest BCUT2D eigenvalue weighted by molar-refractivity contribution is -0.142. The van der Waals surface area contributed by atoms with Crippen LogP contribution in [0.5, 0.6) is 0 Å². The van der Waals surface area contributed by atoms with Crippen molar-refractivity contribution in [3.63, 3.8) is 0 Å². The SMILES string of the molecule is O=C(Cn1nc(-c2ccc(Br)cc2)ccc1=O)N[C@H](C(=O)O)c1ccccc1. The fraction of sp³-hybridized carbons (Fsp3) is 0.100. The fourth-order valence-corrected chi connectivity index (χ4v) is 2.88. The van der Waals surface area contributed by atoms with Crippen LogP contribution in [-0.2, 0) is 16.1 Å². The van der Waals surface area contributed by atoms with Gasteiger partial charge in [-0.15, -0.1) is 0 Å². The largest absolute Gasteiger partial charge is 0.479 e. The minimum Gasteiger partial charge on any atom is -0.479 e. The topological polar surface area (TPSA) is 101 Å². The average molecular weight is 442 g/mol. The molecule has 28 heavy (non-hydrogen) atoms. The molecule has 0 saturated heterocycles. The van der Waals surface area contributed by atoms with Gasteiger partial charge in [0, 0.05) is 16.1 Å². The van der Waals surface area contributed by atoms with Crippen molar-refractivity contribution >= 4 is 27.8 Å². The van der Waals surface area contributed by atoms with Crippen LogP contribution in [0.2, 0.25) is 0 Å². The molecule has 0 radical (unpaired) electrons. The molecule has 0 aliphatic carbocycles. The molecule has 0 unspecified atom stereocenters. The van der Waals surface area contributed by atoms with Crippen molar-refractivity contribution in [1.29, 1.82) is 0 Å². The number of hydrogen-bond donors (Lipinski definition) is 2. The molecule has 3 aromatic rings. The van der Waals surface area contributed by atoms with E-state index in [2.05, 4.69) is 26.3 Å². The number of aromatic nitrogens is 2. The molecule has 0 aliphatic rings. The number of rotatable bonds is 6. The van der Waals surface area contributed by atoms with Crippen LogP contribution in [0.3, 0.4) is 0 Å². The van der Waals surface area contributed by atoms with Crippen LogP contribution in [-0.4, -0.2) is 26.8 Å². The van der Waals surface area contributed by atoms with Gasteiger partial charge in [0.1, 0.15) is 6.54 Å². The van der Waals surface area contributed by atoms with Gasteiger partial charge in [-0.2, -0.15) is 5.10 Å². The molecular formula is C20H16BrN3O4. The number of carbonyl (C=O) groups is 2. The Bertz CT molecular complexity index is 1050. The van der Waals surface area contributed by atoms with E-state index in [4.69, 9.17) is 0 Å². The van der Waals surface area contributed by atoms with E-state index in [1.54, 1.807) is 36.4 Å². The van der Waals surface area contributed by atoms with E-state index >= 15 is 0 Å². The summed E-state index contributed by atoms with van der Waals surface area (Å²) in [7, 11) is 0. The van der Waals surface area contributed by atoms with E-state index in [0.717, 1.165) is 14.7 Å². The van der Waals surface area contributed by atoms with Gasteiger partial charge in [-0.3, -0.25) is 9.59 Å². The van der Waals surface area contributed by atoms with E-state index in [1.807, 2.05) is 24.3 Å². The summed E-state index contributed by atoms with van der Waals surface area (Å²) >= 11 is 3.35. The number of aliphatic carboxylic acids is 1. The van der Waals surface area contributed by atoms with Crippen molar-refractivity contribution in [3.05, 3.63) is 87.1 Å². The van der Waals surface area contributed by atoms with Crippen molar-refractivity contribution in [3.8, 4) is 11.3 Å². The second-order valence-corrected chi connectivity index (χ2v) is 6.89. The number of carboxylic acids is 1. The van der Waals surface area contributed by atoms with Crippen LogP contribution in [0, 0.1) is 0 Å². The summed E-state index contributed by atoms with van der Waals surface area (Å²) in [6.45, 7) is -0.389. The molecule has 0 saturated carbocycles. The standard InChI is InChI=1S/C20H16BrN3O4/c21-15-8-6-13(7-9-15)16-10-11-18(26)24(23-16)12-17(25)22-19(20(27)28)14-4-2-1-3-5-14/h1-11,19H,12H2,(H,22,25)(H,27,28)/t19-/m0/s1. The normalized spacial score (nSPS) is 11.6. The van der Waals surface area contributed by atoms with Crippen LogP contribution in [0.15, 0.2) is 76.0 Å². The highest BCUT2D eigenvalue weighted by Crippen LogP contribution is 2.19. The Morgan fingerprint density at radius 2 is 1.71 bits per heavy atom. The van der Waals surface area contributed by atoms with Gasteiger partial charge in [0.25, 0.3) is 5.56 Å². The zero-order chi connectivity index (χ0) is 20.1. The Morgan fingerprint density at radius 1 is 1.04 bits per heavy atom. The first-order valence-electron chi connectivity index (χ1n) is 8.35. The summed E-state index contributed by atoms with van der Waals surface area (Å²) < 4.78 is 1.92. The Balaban J connectivity index is 1.79. The van der Waals surface area contributed by atoms with Crippen molar-refractivity contribution in [2.45, 2.75) is 12.6 Å². The minimum absolute atomic E-state index is 0.389. The first kappa shape index (κ1) is 19.5. The number of halogens is 1. The molecule has 1 atom stereocenters. The van der Waals surface area contributed by atoms with Crippen molar-refractivity contribution in [2.24, 2.45) is 0 Å². The molecule has 2 aromatic carbocycles. The number of nitrogens with zero attached hydrogens (tertiary/aromatic N) is 2. The third kappa shape index (κ3) is 4.72. The van der Waals surface area contributed by atoms with Gasteiger partial charge in [-0.05, 0) is 23.8 Å². The molecule has 0 fully saturated rings. The van der Waals surface area contributed by atoms with Crippen LogP contribution >= 0.6 is 15.9 Å². The van der Waals surface area contributed by atoms with Gasteiger partial charge in [-0.25, -0.2) is 9.48 Å². The molecule has 8 heteroatoms. The minimum atomic E-state index is -1.21. The van der Waals surface area contributed by atoms with E-state index in [-0.39, 0.29) is 6.54 Å². The Labute approximate surface area is 168 Å². The predicted octanol–water partition coefficient (Wildman–Crippen LogP) is 2.61. The van der Waals surface area contributed by atoms with Crippen LogP contribution in [0.4, 0.5) is 0 Å². The Kier molecular flexibility index (Phi) is 6.00. The van der Waals surface area contributed by atoms with Crippen molar-refractivity contribution in [1.82, 2.24) is 15.1 Å². The average Bonchev–Trinajstić information content (AvgIpc) is 2.69. The predicted molar refractivity (Wildman–Crippen MR) is 107 cm³/mol. The second kappa shape index (κ2) is 8.62. The van der Waals surface area contributed by atoms with E-state index < -0.39 is 23.5 Å². The Morgan fingerprint density at radius 3 is 2.36 bits per heavy atom. The highest BCUT2D eigenvalue weighted by atomic mass is 79.9. The zero-order valence-corrected chi connectivity index (χ0v) is 16.2. The number of hydrogen-bond acceptors (Lipinski definition) is 4. The van der Waals surface area contributed by atoms with E-state index in [0.29, 0.717) is 11.3 Å². The van der Waals surface area contributed by atoms with Crippen LogP contribution in [0.1, 0.15) is 11.6 Å². The summed E-state index contributed by atoms with van der Waals surface area (Å²) in [6, 6.07) is 17.4. The summed E-state index contributed by atoms with van der Waals surface area (Å²) in [6.07, 6.45) is 0. The van der Waals surface area contributed by atoms with Gasteiger partial charge in [0.05, 0.1) is 5.69 Å². The number of carbonyl (C=O) groups excluding carboxylic acids is 1. The third-order valence-electron chi connectivity index (χ3n) is 3.99. The second-order valence-electron chi connectivity index (χ2n) is 5.97. The quantitative estimate of drug-likeness (QED) is 0.611. The zero-order valence-electron chi connectivity index (χ0n) is 14.6. The molecule has 142 valence electrons. The maximum Gasteiger partial charge on any atom is 0.330 e. The van der Waals surface area contributed by atoms with Gasteiger partial charge in [0.2, 0.25) is 5.91 Å². The maximum absolute atomic E-state index is 12.4. The molecule has 3 rings (SSSR count). The first-order valence-corrected chi connectivity index (χ1v) is 9.14. The van der Waals surface area contributed by atoms with Crippen LogP contribution in [0.25, 0.3) is 11.3 Å². The monoisotopic (exact) mass is 441 g/mol. The van der Waals surface area contributed by atoms with E-state index in [1.165, 1.54) is 6.07 Å². The Hall–Kier alpha value is -3.26. The molecule has 2 N–H and O–H groups in total. The van der Waals surface area contributed by atoms with Crippen molar-refractivity contribution in [2.75, 3.05) is 0 Å². The smallest absolute Gasteiger partial charge is 0.330 e. The summed E-state index contributed by atoms with van der Waals surface area (Å²) in [5.74, 6) is -1.82. The number of benzene rings is 2. The summed E-state index contributed by atoms with van der Waals surface area (Å²) in [5.41, 5.74) is 1.29. The molecule has 7 nitrogen and oxygen atoms in total. The third-order valence-corrected chi connectivity index (χ3v) is 4.51. The lowest BCUT2D eigenvalue weighted by Gasteiger charge is -2.15.